The number of carbonyl (C=O) groups excluding carboxylic acids is 1. The Morgan fingerprint density at radius 1 is 1.59 bits per heavy atom. The number of ether oxygens (including phenoxy) is 1. The van der Waals surface area contributed by atoms with E-state index in [1.54, 1.807) is 6.92 Å². The molecule has 0 aromatic heterocycles. The fraction of sp³-hybridized carbons (Fsp3) is 0.923. The lowest BCUT2D eigenvalue weighted by Crippen LogP contribution is -2.52. The first-order valence-electron chi connectivity index (χ1n) is 6.57. The maximum absolute atomic E-state index is 11.6. The van der Waals surface area contributed by atoms with Crippen LogP contribution < -0.4 is 5.73 Å². The summed E-state index contributed by atoms with van der Waals surface area (Å²) in [7, 11) is 1.40. The summed E-state index contributed by atoms with van der Waals surface area (Å²) in [6, 6.07) is 1.09. The molecule has 17 heavy (non-hydrogen) atoms. The van der Waals surface area contributed by atoms with E-state index in [-0.39, 0.29) is 5.97 Å². The van der Waals surface area contributed by atoms with Gasteiger partial charge in [0.2, 0.25) is 0 Å². The van der Waals surface area contributed by atoms with Crippen LogP contribution in [0, 0.1) is 5.92 Å². The second-order valence-corrected chi connectivity index (χ2v) is 5.99. The minimum absolute atomic E-state index is 0.311. The van der Waals surface area contributed by atoms with Crippen molar-refractivity contribution in [3.05, 3.63) is 0 Å². The zero-order chi connectivity index (χ0) is 12.6. The van der Waals surface area contributed by atoms with Gasteiger partial charge in [-0.05, 0) is 45.4 Å². The Morgan fingerprint density at radius 3 is 2.76 bits per heavy atom. The SMILES string of the molecule is COC(=O)C(C)(N)CC(C)N1CC2CCC1C2. The smallest absolute Gasteiger partial charge is 0.325 e. The van der Waals surface area contributed by atoms with E-state index in [0.29, 0.717) is 12.5 Å². The Bertz CT molecular complexity index is 304. The third-order valence-corrected chi connectivity index (χ3v) is 4.39. The van der Waals surface area contributed by atoms with Gasteiger partial charge in [-0.25, -0.2) is 0 Å². The van der Waals surface area contributed by atoms with E-state index in [0.717, 1.165) is 12.0 Å². The van der Waals surface area contributed by atoms with E-state index in [1.807, 2.05) is 0 Å². The Morgan fingerprint density at radius 2 is 2.29 bits per heavy atom. The minimum Gasteiger partial charge on any atom is -0.468 e. The molecule has 0 aromatic rings. The summed E-state index contributed by atoms with van der Waals surface area (Å²) in [5.74, 6) is 0.568. The van der Waals surface area contributed by atoms with Crippen molar-refractivity contribution >= 4 is 5.97 Å². The number of nitrogens with two attached hydrogens (primary N) is 1. The molecule has 1 heterocycles. The zero-order valence-corrected chi connectivity index (χ0v) is 11.1. The summed E-state index contributed by atoms with van der Waals surface area (Å²) in [5.41, 5.74) is 5.17. The lowest BCUT2D eigenvalue weighted by molar-refractivity contribution is -0.147. The molecule has 2 fully saturated rings. The summed E-state index contributed by atoms with van der Waals surface area (Å²) in [5, 5.41) is 0. The monoisotopic (exact) mass is 240 g/mol. The average Bonchev–Trinajstić information content (AvgIpc) is 2.88. The fourth-order valence-electron chi connectivity index (χ4n) is 3.55. The topological polar surface area (TPSA) is 55.6 Å². The summed E-state index contributed by atoms with van der Waals surface area (Å²) in [4.78, 5) is 14.1. The van der Waals surface area contributed by atoms with E-state index in [1.165, 1.54) is 32.9 Å². The van der Waals surface area contributed by atoms with E-state index in [2.05, 4.69) is 11.8 Å². The van der Waals surface area contributed by atoms with Crippen LogP contribution in [0.4, 0.5) is 0 Å². The van der Waals surface area contributed by atoms with Crippen LogP contribution in [-0.4, -0.2) is 42.1 Å². The molecule has 0 spiro atoms. The Balaban J connectivity index is 1.93. The van der Waals surface area contributed by atoms with E-state index in [9.17, 15) is 4.79 Å². The summed E-state index contributed by atoms with van der Waals surface area (Å²) in [6.45, 7) is 5.13. The second-order valence-electron chi connectivity index (χ2n) is 5.99. The van der Waals surface area contributed by atoms with E-state index >= 15 is 0 Å². The van der Waals surface area contributed by atoms with Crippen molar-refractivity contribution in [2.75, 3.05) is 13.7 Å². The first-order chi connectivity index (χ1) is 7.94. The Hall–Kier alpha value is -0.610. The van der Waals surface area contributed by atoms with Crippen molar-refractivity contribution < 1.29 is 9.53 Å². The van der Waals surface area contributed by atoms with Crippen LogP contribution in [0.25, 0.3) is 0 Å². The van der Waals surface area contributed by atoms with Gasteiger partial charge in [0, 0.05) is 18.6 Å². The number of hydrogen-bond acceptors (Lipinski definition) is 4. The number of carbonyl (C=O) groups is 1. The number of fused-ring (bicyclic) bond motifs is 2. The van der Waals surface area contributed by atoms with Crippen molar-refractivity contribution in [1.29, 1.82) is 0 Å². The van der Waals surface area contributed by atoms with E-state index in [4.69, 9.17) is 10.5 Å². The molecule has 1 aliphatic heterocycles. The van der Waals surface area contributed by atoms with Crippen LogP contribution >= 0.6 is 0 Å². The average molecular weight is 240 g/mol. The van der Waals surface area contributed by atoms with Gasteiger partial charge in [0.05, 0.1) is 7.11 Å². The van der Waals surface area contributed by atoms with Crippen molar-refractivity contribution in [1.82, 2.24) is 4.90 Å². The normalized spacial score (nSPS) is 33.4. The quantitative estimate of drug-likeness (QED) is 0.749. The molecule has 4 nitrogen and oxygen atoms in total. The molecule has 4 atom stereocenters. The Kier molecular flexibility index (Phi) is 3.46. The predicted octanol–water partition coefficient (Wildman–Crippen LogP) is 1.14. The van der Waals surface area contributed by atoms with Crippen molar-refractivity contribution in [3.63, 3.8) is 0 Å². The molecule has 2 aliphatic rings. The number of hydrogen-bond donors (Lipinski definition) is 1. The number of esters is 1. The number of piperidine rings is 1. The number of nitrogens with zero attached hydrogens (tertiary/aromatic N) is 1. The Labute approximate surface area is 103 Å². The molecular formula is C13H24N2O2. The highest BCUT2D eigenvalue weighted by Gasteiger charge is 2.42. The van der Waals surface area contributed by atoms with Crippen LogP contribution in [0.3, 0.4) is 0 Å². The number of rotatable bonds is 4. The third kappa shape index (κ3) is 2.47. The fourth-order valence-corrected chi connectivity index (χ4v) is 3.55. The summed E-state index contributed by atoms with van der Waals surface area (Å²) in [6.07, 6.45) is 4.70. The van der Waals surface area contributed by atoms with Crippen molar-refractivity contribution in [2.24, 2.45) is 11.7 Å². The highest BCUT2D eigenvalue weighted by Crippen LogP contribution is 2.39. The zero-order valence-electron chi connectivity index (χ0n) is 11.1. The van der Waals surface area contributed by atoms with Gasteiger partial charge in [-0.15, -0.1) is 0 Å². The highest BCUT2D eigenvalue weighted by atomic mass is 16.5. The minimum atomic E-state index is -0.865. The van der Waals surface area contributed by atoms with E-state index < -0.39 is 5.54 Å². The first-order valence-corrected chi connectivity index (χ1v) is 6.57. The molecule has 98 valence electrons. The molecule has 1 aliphatic carbocycles. The van der Waals surface area contributed by atoms with Crippen LogP contribution in [-0.2, 0) is 9.53 Å². The van der Waals surface area contributed by atoms with Gasteiger partial charge in [-0.2, -0.15) is 0 Å². The molecule has 0 radical (unpaired) electrons. The second kappa shape index (κ2) is 4.58. The van der Waals surface area contributed by atoms with Gasteiger partial charge in [0.1, 0.15) is 5.54 Å². The highest BCUT2D eigenvalue weighted by molar-refractivity contribution is 5.79. The van der Waals surface area contributed by atoms with Crippen LogP contribution in [0.2, 0.25) is 0 Å². The molecule has 4 heteroatoms. The summed E-state index contributed by atoms with van der Waals surface area (Å²) < 4.78 is 4.76. The molecule has 2 rings (SSSR count). The molecule has 2 bridgehead atoms. The molecule has 2 N–H and O–H groups in total. The lowest BCUT2D eigenvalue weighted by Gasteiger charge is -2.36. The van der Waals surface area contributed by atoms with Crippen LogP contribution in [0.1, 0.15) is 39.5 Å². The molecule has 1 saturated carbocycles. The maximum Gasteiger partial charge on any atom is 0.325 e. The van der Waals surface area contributed by atoms with Crippen LogP contribution in [0.15, 0.2) is 0 Å². The van der Waals surface area contributed by atoms with Gasteiger partial charge in [0.25, 0.3) is 0 Å². The first kappa shape index (κ1) is 12.8. The molecule has 0 aromatic carbocycles. The number of methoxy groups -OCH3 is 1. The largest absolute Gasteiger partial charge is 0.468 e. The van der Waals surface area contributed by atoms with Gasteiger partial charge >= 0.3 is 5.97 Å². The molecule has 4 unspecified atom stereocenters. The van der Waals surface area contributed by atoms with Crippen molar-refractivity contribution in [2.45, 2.75) is 57.2 Å². The van der Waals surface area contributed by atoms with Gasteiger partial charge < -0.3 is 10.5 Å². The number of likely N-dealkylation sites (tertiary alicyclic amines) is 1. The van der Waals surface area contributed by atoms with Gasteiger partial charge in [-0.1, -0.05) is 0 Å². The summed E-state index contributed by atoms with van der Waals surface area (Å²) >= 11 is 0. The van der Waals surface area contributed by atoms with Crippen LogP contribution in [0.5, 0.6) is 0 Å². The molecular weight excluding hydrogens is 216 g/mol. The third-order valence-electron chi connectivity index (χ3n) is 4.39. The maximum atomic E-state index is 11.6. The standard InChI is InChI=1S/C13H24N2O2/c1-9(7-13(2,14)12(16)17-3)15-8-10-4-5-11(15)6-10/h9-11H,4-8,14H2,1-3H3. The molecule has 0 amide bonds. The van der Waals surface area contributed by atoms with Gasteiger partial charge in [0.15, 0.2) is 0 Å². The molecule has 1 saturated heterocycles. The predicted molar refractivity (Wildman–Crippen MR) is 66.5 cm³/mol. The lowest BCUT2D eigenvalue weighted by atomic mass is 9.93. The van der Waals surface area contributed by atoms with Gasteiger partial charge in [-0.3, -0.25) is 9.69 Å². The van der Waals surface area contributed by atoms with Crippen molar-refractivity contribution in [3.8, 4) is 0 Å².